The van der Waals surface area contributed by atoms with Crippen LogP contribution in [0.4, 0.5) is 16.2 Å². The van der Waals surface area contributed by atoms with E-state index in [4.69, 9.17) is 0 Å². The standard InChI is InChI=1S/C19H23N3O2/c1-4-14-8-7-9-15(12-14)21-18(23)16-10-5-6-11-17(16)22-19(24)20-13(2)3/h5-13H,4H2,1-3H3,(H,21,23)(H2,20,22,24). The van der Waals surface area contributed by atoms with Crippen molar-refractivity contribution in [2.45, 2.75) is 33.2 Å². The van der Waals surface area contributed by atoms with Crippen molar-refractivity contribution in [3.8, 4) is 0 Å². The smallest absolute Gasteiger partial charge is 0.319 e. The molecule has 24 heavy (non-hydrogen) atoms. The van der Waals surface area contributed by atoms with E-state index in [1.54, 1.807) is 24.3 Å². The Labute approximate surface area is 142 Å². The summed E-state index contributed by atoms with van der Waals surface area (Å²) >= 11 is 0. The van der Waals surface area contributed by atoms with Crippen LogP contribution in [0.15, 0.2) is 48.5 Å². The molecule has 5 nitrogen and oxygen atoms in total. The van der Waals surface area contributed by atoms with E-state index in [0.717, 1.165) is 17.7 Å². The molecule has 0 aliphatic heterocycles. The van der Waals surface area contributed by atoms with Crippen LogP contribution in [-0.2, 0) is 6.42 Å². The largest absolute Gasteiger partial charge is 0.336 e. The number of benzene rings is 2. The Morgan fingerprint density at radius 1 is 1.00 bits per heavy atom. The van der Waals surface area contributed by atoms with Crippen LogP contribution in [0, 0.1) is 0 Å². The van der Waals surface area contributed by atoms with Gasteiger partial charge in [-0.05, 0) is 50.1 Å². The van der Waals surface area contributed by atoms with Crippen molar-refractivity contribution in [1.29, 1.82) is 0 Å². The van der Waals surface area contributed by atoms with E-state index in [1.165, 1.54) is 0 Å². The molecular formula is C19H23N3O2. The number of carbonyl (C=O) groups excluding carboxylic acids is 2. The Kier molecular flexibility index (Phi) is 5.95. The average Bonchev–Trinajstić information content (AvgIpc) is 2.54. The van der Waals surface area contributed by atoms with Crippen LogP contribution in [0.25, 0.3) is 0 Å². The molecule has 0 radical (unpaired) electrons. The van der Waals surface area contributed by atoms with Crippen molar-refractivity contribution in [2.75, 3.05) is 10.6 Å². The van der Waals surface area contributed by atoms with Crippen LogP contribution in [0.1, 0.15) is 36.7 Å². The van der Waals surface area contributed by atoms with E-state index >= 15 is 0 Å². The Morgan fingerprint density at radius 2 is 1.75 bits per heavy atom. The molecule has 2 rings (SSSR count). The molecule has 0 unspecified atom stereocenters. The highest BCUT2D eigenvalue weighted by Gasteiger charge is 2.13. The molecule has 0 spiro atoms. The van der Waals surface area contributed by atoms with Crippen LogP contribution in [0.2, 0.25) is 0 Å². The summed E-state index contributed by atoms with van der Waals surface area (Å²) in [4.78, 5) is 24.4. The first kappa shape index (κ1) is 17.5. The highest BCUT2D eigenvalue weighted by Crippen LogP contribution is 2.18. The summed E-state index contributed by atoms with van der Waals surface area (Å²) in [5.41, 5.74) is 2.77. The maximum absolute atomic E-state index is 12.6. The number of aryl methyl sites for hydroxylation is 1. The van der Waals surface area contributed by atoms with E-state index in [-0.39, 0.29) is 18.0 Å². The van der Waals surface area contributed by atoms with Crippen molar-refractivity contribution in [1.82, 2.24) is 5.32 Å². The van der Waals surface area contributed by atoms with Crippen LogP contribution in [0.3, 0.4) is 0 Å². The van der Waals surface area contributed by atoms with Gasteiger partial charge in [-0.25, -0.2) is 4.79 Å². The van der Waals surface area contributed by atoms with Crippen LogP contribution < -0.4 is 16.0 Å². The summed E-state index contributed by atoms with van der Waals surface area (Å²) < 4.78 is 0. The van der Waals surface area contributed by atoms with Crippen molar-refractivity contribution >= 4 is 23.3 Å². The minimum atomic E-state index is -0.335. The predicted molar refractivity (Wildman–Crippen MR) is 97.5 cm³/mol. The maximum Gasteiger partial charge on any atom is 0.319 e. The molecule has 0 saturated heterocycles. The van der Waals surface area contributed by atoms with Gasteiger partial charge in [0.1, 0.15) is 0 Å². The minimum absolute atomic E-state index is 0.0165. The van der Waals surface area contributed by atoms with Gasteiger partial charge in [-0.2, -0.15) is 0 Å². The van der Waals surface area contributed by atoms with E-state index in [9.17, 15) is 9.59 Å². The lowest BCUT2D eigenvalue weighted by Crippen LogP contribution is -2.34. The van der Waals surface area contributed by atoms with Gasteiger partial charge in [0.2, 0.25) is 0 Å². The van der Waals surface area contributed by atoms with Gasteiger partial charge in [0.15, 0.2) is 0 Å². The Balaban J connectivity index is 2.15. The third kappa shape index (κ3) is 4.84. The molecule has 0 saturated carbocycles. The van der Waals surface area contributed by atoms with Gasteiger partial charge in [0.25, 0.3) is 5.91 Å². The molecule has 0 bridgehead atoms. The fourth-order valence-electron chi connectivity index (χ4n) is 2.28. The number of hydrogen-bond donors (Lipinski definition) is 3. The van der Waals surface area contributed by atoms with Gasteiger partial charge >= 0.3 is 6.03 Å². The molecule has 0 aliphatic carbocycles. The van der Waals surface area contributed by atoms with Crippen molar-refractivity contribution in [2.24, 2.45) is 0 Å². The zero-order valence-corrected chi connectivity index (χ0v) is 14.2. The Morgan fingerprint density at radius 3 is 2.46 bits per heavy atom. The minimum Gasteiger partial charge on any atom is -0.336 e. The molecule has 2 aromatic carbocycles. The number of carbonyl (C=O) groups is 2. The fourth-order valence-corrected chi connectivity index (χ4v) is 2.28. The van der Waals surface area contributed by atoms with Gasteiger partial charge in [0.05, 0.1) is 11.3 Å². The molecular weight excluding hydrogens is 302 g/mol. The van der Waals surface area contributed by atoms with Crippen LogP contribution in [-0.4, -0.2) is 18.0 Å². The Hall–Kier alpha value is -2.82. The molecule has 0 atom stereocenters. The summed E-state index contributed by atoms with van der Waals surface area (Å²) in [6.07, 6.45) is 0.900. The third-order valence-corrected chi connectivity index (χ3v) is 3.43. The molecule has 2 aromatic rings. The predicted octanol–water partition coefficient (Wildman–Crippen LogP) is 4.03. The second-order valence-corrected chi connectivity index (χ2v) is 5.81. The second kappa shape index (κ2) is 8.15. The first-order chi connectivity index (χ1) is 11.5. The number of amides is 3. The molecule has 0 heterocycles. The highest BCUT2D eigenvalue weighted by molar-refractivity contribution is 6.10. The van der Waals surface area contributed by atoms with Gasteiger partial charge in [0, 0.05) is 11.7 Å². The van der Waals surface area contributed by atoms with E-state index in [0.29, 0.717) is 11.3 Å². The third-order valence-electron chi connectivity index (χ3n) is 3.43. The number of urea groups is 1. The molecule has 0 aromatic heterocycles. The lowest BCUT2D eigenvalue weighted by atomic mass is 10.1. The fraction of sp³-hybridized carbons (Fsp3) is 0.263. The number of para-hydroxylation sites is 1. The van der Waals surface area contributed by atoms with Crippen molar-refractivity contribution in [3.63, 3.8) is 0 Å². The van der Waals surface area contributed by atoms with Crippen LogP contribution >= 0.6 is 0 Å². The quantitative estimate of drug-likeness (QED) is 0.776. The van der Waals surface area contributed by atoms with Crippen molar-refractivity contribution in [3.05, 3.63) is 59.7 Å². The summed E-state index contributed by atoms with van der Waals surface area (Å²) in [5, 5.41) is 8.34. The topological polar surface area (TPSA) is 70.2 Å². The summed E-state index contributed by atoms with van der Waals surface area (Å²) in [6, 6.07) is 14.3. The van der Waals surface area contributed by atoms with Gasteiger partial charge in [-0.15, -0.1) is 0 Å². The van der Waals surface area contributed by atoms with Crippen molar-refractivity contribution < 1.29 is 9.59 Å². The first-order valence-corrected chi connectivity index (χ1v) is 8.06. The molecule has 5 heteroatoms. The summed E-state index contributed by atoms with van der Waals surface area (Å²) in [7, 11) is 0. The normalized spacial score (nSPS) is 10.3. The molecule has 0 aliphatic rings. The number of rotatable bonds is 5. The van der Waals surface area contributed by atoms with Gasteiger partial charge in [-0.1, -0.05) is 31.2 Å². The lowest BCUT2D eigenvalue weighted by Gasteiger charge is -2.14. The maximum atomic E-state index is 12.6. The molecule has 3 N–H and O–H groups in total. The van der Waals surface area contributed by atoms with E-state index < -0.39 is 0 Å². The summed E-state index contributed by atoms with van der Waals surface area (Å²) in [6.45, 7) is 5.81. The number of nitrogens with one attached hydrogen (secondary N) is 3. The number of anilines is 2. The molecule has 3 amide bonds. The van der Waals surface area contributed by atoms with E-state index in [2.05, 4.69) is 22.9 Å². The summed E-state index contributed by atoms with van der Waals surface area (Å²) in [5.74, 6) is -0.260. The highest BCUT2D eigenvalue weighted by atomic mass is 16.2. The molecule has 126 valence electrons. The van der Waals surface area contributed by atoms with Gasteiger partial charge < -0.3 is 16.0 Å². The van der Waals surface area contributed by atoms with Gasteiger partial charge in [-0.3, -0.25) is 4.79 Å². The lowest BCUT2D eigenvalue weighted by molar-refractivity contribution is 0.102. The monoisotopic (exact) mass is 325 g/mol. The van der Waals surface area contributed by atoms with Crippen LogP contribution in [0.5, 0.6) is 0 Å². The average molecular weight is 325 g/mol. The second-order valence-electron chi connectivity index (χ2n) is 5.81. The zero-order chi connectivity index (χ0) is 17.5. The number of hydrogen-bond acceptors (Lipinski definition) is 2. The van der Waals surface area contributed by atoms with E-state index in [1.807, 2.05) is 38.1 Å². The Bertz CT molecular complexity index is 726. The zero-order valence-electron chi connectivity index (χ0n) is 14.2. The molecule has 0 fully saturated rings. The first-order valence-electron chi connectivity index (χ1n) is 8.06. The SMILES string of the molecule is CCc1cccc(NC(=O)c2ccccc2NC(=O)NC(C)C)c1.